The minimum atomic E-state index is -0.351. The Labute approximate surface area is 111 Å². The summed E-state index contributed by atoms with van der Waals surface area (Å²) in [6.45, 7) is 0.216. The molecular weight excluding hydrogens is 243 g/mol. The lowest BCUT2D eigenvalue weighted by Crippen LogP contribution is -1.99. The quantitative estimate of drug-likeness (QED) is 0.914. The van der Waals surface area contributed by atoms with Gasteiger partial charge in [0.1, 0.15) is 18.2 Å². The third-order valence-electron chi connectivity index (χ3n) is 3.51. The van der Waals surface area contributed by atoms with Crippen molar-refractivity contribution < 1.29 is 14.2 Å². The molecular formula is C16H15FO2. The number of rotatable bonds is 3. The summed E-state index contributed by atoms with van der Waals surface area (Å²) in [7, 11) is 0. The molecule has 1 aliphatic rings. The van der Waals surface area contributed by atoms with Gasteiger partial charge >= 0.3 is 0 Å². The zero-order valence-electron chi connectivity index (χ0n) is 10.5. The van der Waals surface area contributed by atoms with Gasteiger partial charge in [-0.15, -0.1) is 0 Å². The number of fused-ring (bicyclic) bond motifs is 1. The van der Waals surface area contributed by atoms with E-state index in [4.69, 9.17) is 4.74 Å². The molecule has 0 bridgehead atoms. The summed E-state index contributed by atoms with van der Waals surface area (Å²) in [5.41, 5.74) is 2.65. The van der Waals surface area contributed by atoms with E-state index in [2.05, 4.69) is 0 Å². The maximum Gasteiger partial charge on any atom is 0.129 e. The Bertz CT molecular complexity index is 595. The fourth-order valence-electron chi connectivity index (χ4n) is 2.44. The number of benzene rings is 2. The maximum absolute atomic E-state index is 13.5. The highest BCUT2D eigenvalue weighted by atomic mass is 19.1. The topological polar surface area (TPSA) is 29.5 Å². The van der Waals surface area contributed by atoms with Crippen LogP contribution in [0.5, 0.6) is 5.75 Å². The largest absolute Gasteiger partial charge is 0.489 e. The minimum absolute atomic E-state index is 0.216. The molecule has 0 saturated carbocycles. The number of aliphatic hydroxyl groups is 1. The predicted molar refractivity (Wildman–Crippen MR) is 70.5 cm³/mol. The van der Waals surface area contributed by atoms with Crippen LogP contribution in [0, 0.1) is 5.82 Å². The van der Waals surface area contributed by atoms with Crippen molar-refractivity contribution in [3.05, 3.63) is 65.0 Å². The molecule has 3 heteroatoms. The molecule has 0 radical (unpaired) electrons. The van der Waals surface area contributed by atoms with Gasteiger partial charge in [-0.2, -0.15) is 0 Å². The van der Waals surface area contributed by atoms with Gasteiger partial charge in [0, 0.05) is 5.56 Å². The highest BCUT2D eigenvalue weighted by Gasteiger charge is 2.20. The molecule has 2 aromatic rings. The van der Waals surface area contributed by atoms with Gasteiger partial charge in [-0.25, -0.2) is 4.39 Å². The van der Waals surface area contributed by atoms with Crippen LogP contribution in [0.3, 0.4) is 0 Å². The first kappa shape index (κ1) is 12.2. The molecule has 0 spiro atoms. The van der Waals surface area contributed by atoms with E-state index in [9.17, 15) is 9.50 Å². The Balaban J connectivity index is 1.73. The van der Waals surface area contributed by atoms with Crippen molar-refractivity contribution in [2.75, 3.05) is 0 Å². The Morgan fingerprint density at radius 3 is 2.89 bits per heavy atom. The number of halogens is 1. The zero-order chi connectivity index (χ0) is 13.2. The van der Waals surface area contributed by atoms with Crippen LogP contribution in [-0.2, 0) is 13.0 Å². The van der Waals surface area contributed by atoms with Crippen LogP contribution in [0.15, 0.2) is 42.5 Å². The lowest BCUT2D eigenvalue weighted by atomic mass is 10.1. The van der Waals surface area contributed by atoms with Gasteiger partial charge in [0.05, 0.1) is 6.10 Å². The number of aryl methyl sites for hydroxylation is 1. The monoisotopic (exact) mass is 258 g/mol. The second kappa shape index (κ2) is 5.02. The fourth-order valence-corrected chi connectivity index (χ4v) is 2.44. The van der Waals surface area contributed by atoms with Gasteiger partial charge in [-0.05, 0) is 42.2 Å². The van der Waals surface area contributed by atoms with Gasteiger partial charge in [0.25, 0.3) is 0 Å². The highest BCUT2D eigenvalue weighted by Crippen LogP contribution is 2.33. The van der Waals surface area contributed by atoms with Gasteiger partial charge in [-0.3, -0.25) is 0 Å². The van der Waals surface area contributed by atoms with Crippen molar-refractivity contribution in [3.8, 4) is 5.75 Å². The number of hydrogen-bond acceptors (Lipinski definition) is 2. The van der Waals surface area contributed by atoms with Crippen LogP contribution in [-0.4, -0.2) is 5.11 Å². The van der Waals surface area contributed by atoms with E-state index in [0.29, 0.717) is 5.56 Å². The summed E-state index contributed by atoms with van der Waals surface area (Å²) >= 11 is 0. The average Bonchev–Trinajstić information content (AvgIpc) is 2.79. The number of aliphatic hydroxyl groups excluding tert-OH is 1. The second-order valence-electron chi connectivity index (χ2n) is 4.80. The zero-order valence-corrected chi connectivity index (χ0v) is 10.5. The Hall–Kier alpha value is -1.87. The molecule has 0 fully saturated rings. The standard InChI is InChI=1S/C16H15FO2/c17-15-4-2-1-3-12(15)10-19-13-6-7-14-11(9-13)5-8-16(14)18/h1-4,6-7,9,16,18H,5,8,10H2/t16-/m1/s1. The molecule has 1 atom stereocenters. The minimum Gasteiger partial charge on any atom is -0.489 e. The first-order chi connectivity index (χ1) is 9.24. The second-order valence-corrected chi connectivity index (χ2v) is 4.80. The van der Waals surface area contributed by atoms with Crippen LogP contribution < -0.4 is 4.74 Å². The highest BCUT2D eigenvalue weighted by molar-refractivity contribution is 5.40. The van der Waals surface area contributed by atoms with E-state index < -0.39 is 0 Å². The molecule has 2 aromatic carbocycles. The summed E-state index contributed by atoms with van der Waals surface area (Å²) in [5, 5.41) is 9.73. The SMILES string of the molecule is O[C@@H]1CCc2cc(OCc3ccccc3F)ccc21. The van der Waals surface area contributed by atoms with E-state index >= 15 is 0 Å². The van der Waals surface area contributed by atoms with Crippen molar-refractivity contribution in [1.82, 2.24) is 0 Å². The van der Waals surface area contributed by atoms with Crippen LogP contribution >= 0.6 is 0 Å². The Morgan fingerprint density at radius 1 is 1.21 bits per heavy atom. The third kappa shape index (κ3) is 2.47. The van der Waals surface area contributed by atoms with Crippen molar-refractivity contribution in [1.29, 1.82) is 0 Å². The van der Waals surface area contributed by atoms with Crippen molar-refractivity contribution in [3.63, 3.8) is 0 Å². The molecule has 0 aromatic heterocycles. The molecule has 19 heavy (non-hydrogen) atoms. The Morgan fingerprint density at radius 2 is 2.05 bits per heavy atom. The van der Waals surface area contributed by atoms with Crippen LogP contribution in [0.4, 0.5) is 4.39 Å². The van der Waals surface area contributed by atoms with Crippen LogP contribution in [0.25, 0.3) is 0 Å². The van der Waals surface area contributed by atoms with Crippen LogP contribution in [0.1, 0.15) is 29.2 Å². The third-order valence-corrected chi connectivity index (χ3v) is 3.51. The lowest BCUT2D eigenvalue weighted by molar-refractivity contribution is 0.180. The van der Waals surface area contributed by atoms with E-state index in [0.717, 1.165) is 29.7 Å². The Kier molecular flexibility index (Phi) is 3.22. The molecule has 0 heterocycles. The van der Waals surface area contributed by atoms with Crippen molar-refractivity contribution >= 4 is 0 Å². The van der Waals surface area contributed by atoms with Gasteiger partial charge in [-0.1, -0.05) is 24.3 Å². The summed E-state index contributed by atoms with van der Waals surface area (Å²) < 4.78 is 19.1. The molecule has 98 valence electrons. The molecule has 0 aliphatic heterocycles. The maximum atomic E-state index is 13.5. The van der Waals surface area contributed by atoms with E-state index in [1.54, 1.807) is 18.2 Å². The first-order valence-electron chi connectivity index (χ1n) is 6.41. The average molecular weight is 258 g/mol. The fraction of sp³-hybridized carbons (Fsp3) is 0.250. The lowest BCUT2D eigenvalue weighted by Gasteiger charge is -2.09. The normalized spacial score (nSPS) is 17.3. The number of ether oxygens (including phenoxy) is 1. The smallest absolute Gasteiger partial charge is 0.129 e. The summed E-state index contributed by atoms with van der Waals surface area (Å²) in [6, 6.07) is 12.3. The van der Waals surface area contributed by atoms with E-state index in [1.165, 1.54) is 6.07 Å². The number of hydrogen-bond donors (Lipinski definition) is 1. The van der Waals surface area contributed by atoms with Gasteiger partial charge in [0.2, 0.25) is 0 Å². The molecule has 3 rings (SSSR count). The molecule has 0 unspecified atom stereocenters. The molecule has 1 N–H and O–H groups in total. The van der Waals surface area contributed by atoms with E-state index in [1.807, 2.05) is 18.2 Å². The van der Waals surface area contributed by atoms with E-state index in [-0.39, 0.29) is 18.5 Å². The summed E-state index contributed by atoms with van der Waals surface area (Å²) in [5.74, 6) is 0.468. The van der Waals surface area contributed by atoms with Crippen molar-refractivity contribution in [2.24, 2.45) is 0 Å². The van der Waals surface area contributed by atoms with Gasteiger partial charge in [0.15, 0.2) is 0 Å². The van der Waals surface area contributed by atoms with Crippen molar-refractivity contribution in [2.45, 2.75) is 25.6 Å². The molecule has 0 saturated heterocycles. The summed E-state index contributed by atoms with van der Waals surface area (Å²) in [6.07, 6.45) is 1.29. The molecule has 2 nitrogen and oxygen atoms in total. The predicted octanol–water partition coefficient (Wildman–Crippen LogP) is 3.38. The molecule has 1 aliphatic carbocycles. The summed E-state index contributed by atoms with van der Waals surface area (Å²) in [4.78, 5) is 0. The molecule has 0 amide bonds. The first-order valence-corrected chi connectivity index (χ1v) is 6.41. The van der Waals surface area contributed by atoms with Gasteiger partial charge < -0.3 is 9.84 Å². The van der Waals surface area contributed by atoms with Crippen LogP contribution in [0.2, 0.25) is 0 Å².